The van der Waals surface area contributed by atoms with Crippen LogP contribution in [0.3, 0.4) is 0 Å². The summed E-state index contributed by atoms with van der Waals surface area (Å²) in [6, 6.07) is 8.30. The predicted octanol–water partition coefficient (Wildman–Crippen LogP) is 2.99. The van der Waals surface area contributed by atoms with E-state index in [1.807, 2.05) is 12.1 Å². The molecule has 0 aliphatic carbocycles. The van der Waals surface area contributed by atoms with E-state index in [0.717, 1.165) is 77.2 Å². The largest absolute Gasteiger partial charge is 0.338 e. The summed E-state index contributed by atoms with van der Waals surface area (Å²) in [5, 5.41) is 0. The third-order valence-corrected chi connectivity index (χ3v) is 7.28. The van der Waals surface area contributed by atoms with E-state index in [1.165, 1.54) is 29.9 Å². The first kappa shape index (κ1) is 20.7. The van der Waals surface area contributed by atoms with Crippen LogP contribution in [0.5, 0.6) is 0 Å². The fourth-order valence-corrected chi connectivity index (χ4v) is 5.41. The van der Waals surface area contributed by atoms with E-state index in [0.29, 0.717) is 5.92 Å². The van der Waals surface area contributed by atoms with Gasteiger partial charge in [0.2, 0.25) is 0 Å². The van der Waals surface area contributed by atoms with Crippen LogP contribution in [0.1, 0.15) is 59.0 Å². The predicted molar refractivity (Wildman–Crippen MR) is 122 cm³/mol. The summed E-state index contributed by atoms with van der Waals surface area (Å²) in [4.78, 5) is 25.1. The number of likely N-dealkylation sites (tertiary alicyclic amines) is 1. The average molecular weight is 422 g/mol. The summed E-state index contributed by atoms with van der Waals surface area (Å²) in [6.07, 6.45) is 7.90. The van der Waals surface area contributed by atoms with Crippen molar-refractivity contribution in [2.24, 2.45) is 0 Å². The lowest BCUT2D eigenvalue weighted by Gasteiger charge is -2.34. The lowest BCUT2D eigenvalue weighted by Crippen LogP contribution is -2.43. The van der Waals surface area contributed by atoms with Gasteiger partial charge in [-0.05, 0) is 56.8 Å². The molecule has 3 aliphatic rings. The molecule has 0 bridgehead atoms. The standard InChI is InChI=1S/C25H35N5O/c1-27-12-14-28(15-13-27)18-20-6-4-7-21(16-20)25(31)29-10-5-8-22(19-29)24-26-17-23-9-2-3-11-30(23)24/h4,6-7,16-17,22H,2-3,5,8-15,18-19H2,1H3. The number of amides is 1. The number of piperazine rings is 1. The number of piperidine rings is 1. The number of hydrogen-bond acceptors (Lipinski definition) is 4. The molecule has 166 valence electrons. The number of aryl methyl sites for hydroxylation is 1. The zero-order valence-corrected chi connectivity index (χ0v) is 18.8. The van der Waals surface area contributed by atoms with Crippen molar-refractivity contribution in [3.8, 4) is 0 Å². The summed E-state index contributed by atoms with van der Waals surface area (Å²) >= 11 is 0. The van der Waals surface area contributed by atoms with Crippen molar-refractivity contribution in [2.75, 3.05) is 46.3 Å². The summed E-state index contributed by atoms with van der Waals surface area (Å²) in [5.41, 5.74) is 3.45. The van der Waals surface area contributed by atoms with Crippen LogP contribution in [0.4, 0.5) is 0 Å². The Morgan fingerprint density at radius 3 is 2.81 bits per heavy atom. The van der Waals surface area contributed by atoms with Crippen LogP contribution < -0.4 is 0 Å². The van der Waals surface area contributed by atoms with Gasteiger partial charge in [0.25, 0.3) is 5.91 Å². The van der Waals surface area contributed by atoms with Gasteiger partial charge in [-0.25, -0.2) is 4.98 Å². The second-order valence-corrected chi connectivity index (χ2v) is 9.59. The molecule has 1 amide bonds. The van der Waals surface area contributed by atoms with Gasteiger partial charge in [0.15, 0.2) is 0 Å². The summed E-state index contributed by atoms with van der Waals surface area (Å²) in [6.45, 7) is 8.08. The fraction of sp³-hybridized carbons (Fsp3) is 0.600. The summed E-state index contributed by atoms with van der Waals surface area (Å²) in [7, 11) is 2.18. The first-order chi connectivity index (χ1) is 15.2. The molecule has 0 radical (unpaired) electrons. The topological polar surface area (TPSA) is 44.6 Å². The zero-order valence-electron chi connectivity index (χ0n) is 18.8. The first-order valence-electron chi connectivity index (χ1n) is 12.0. The van der Waals surface area contributed by atoms with E-state index >= 15 is 0 Å². The summed E-state index contributed by atoms with van der Waals surface area (Å²) < 4.78 is 2.43. The highest BCUT2D eigenvalue weighted by molar-refractivity contribution is 5.94. The molecule has 5 rings (SSSR count). The molecule has 0 N–H and O–H groups in total. The molecule has 3 aliphatic heterocycles. The normalized spacial score (nSPS) is 23.0. The van der Waals surface area contributed by atoms with E-state index in [-0.39, 0.29) is 5.91 Å². The molecule has 6 heteroatoms. The van der Waals surface area contributed by atoms with Crippen LogP contribution >= 0.6 is 0 Å². The number of carbonyl (C=O) groups is 1. The third-order valence-electron chi connectivity index (χ3n) is 7.28. The van der Waals surface area contributed by atoms with Gasteiger partial charge in [-0.15, -0.1) is 0 Å². The Labute approximate surface area is 185 Å². The van der Waals surface area contributed by atoms with Crippen LogP contribution in [-0.4, -0.2) is 76.5 Å². The molecular formula is C25H35N5O. The minimum atomic E-state index is 0.176. The maximum absolute atomic E-state index is 13.4. The minimum absolute atomic E-state index is 0.176. The molecule has 1 unspecified atom stereocenters. The van der Waals surface area contributed by atoms with Crippen LogP contribution in [0.15, 0.2) is 30.5 Å². The number of rotatable bonds is 4. The second-order valence-electron chi connectivity index (χ2n) is 9.59. The van der Waals surface area contributed by atoms with Gasteiger partial charge in [0.1, 0.15) is 5.82 Å². The molecule has 2 aromatic rings. The Kier molecular flexibility index (Phi) is 6.10. The second kappa shape index (κ2) is 9.13. The van der Waals surface area contributed by atoms with Crippen molar-refractivity contribution in [1.82, 2.24) is 24.3 Å². The van der Waals surface area contributed by atoms with Crippen molar-refractivity contribution >= 4 is 5.91 Å². The Bertz CT molecular complexity index is 914. The fourth-order valence-electron chi connectivity index (χ4n) is 5.41. The quantitative estimate of drug-likeness (QED) is 0.761. The number of aromatic nitrogens is 2. The van der Waals surface area contributed by atoms with E-state index in [4.69, 9.17) is 4.98 Å². The summed E-state index contributed by atoms with van der Waals surface area (Å²) in [5.74, 6) is 1.74. The lowest BCUT2D eigenvalue weighted by atomic mass is 9.96. The number of carbonyl (C=O) groups excluding carboxylic acids is 1. The molecule has 1 aromatic heterocycles. The van der Waals surface area contributed by atoms with Gasteiger partial charge in [0, 0.05) is 75.7 Å². The highest BCUT2D eigenvalue weighted by Crippen LogP contribution is 2.30. The highest BCUT2D eigenvalue weighted by atomic mass is 16.2. The number of fused-ring (bicyclic) bond motifs is 1. The maximum atomic E-state index is 13.4. The minimum Gasteiger partial charge on any atom is -0.338 e. The number of imidazole rings is 1. The van der Waals surface area contributed by atoms with Gasteiger partial charge in [-0.2, -0.15) is 0 Å². The Morgan fingerprint density at radius 2 is 1.94 bits per heavy atom. The van der Waals surface area contributed by atoms with Crippen LogP contribution in [0.25, 0.3) is 0 Å². The molecule has 2 fully saturated rings. The van der Waals surface area contributed by atoms with Gasteiger partial charge in [0.05, 0.1) is 0 Å². The molecule has 6 nitrogen and oxygen atoms in total. The van der Waals surface area contributed by atoms with E-state index in [9.17, 15) is 4.79 Å². The van der Waals surface area contributed by atoms with E-state index in [2.05, 4.69) is 44.6 Å². The van der Waals surface area contributed by atoms with E-state index in [1.54, 1.807) is 0 Å². The van der Waals surface area contributed by atoms with Crippen LogP contribution in [-0.2, 0) is 19.5 Å². The smallest absolute Gasteiger partial charge is 0.253 e. The Balaban J connectivity index is 1.26. The van der Waals surface area contributed by atoms with Crippen molar-refractivity contribution in [3.05, 3.63) is 53.1 Å². The number of hydrogen-bond donors (Lipinski definition) is 0. The number of benzene rings is 1. The molecule has 1 aromatic carbocycles. The Hall–Kier alpha value is -2.18. The highest BCUT2D eigenvalue weighted by Gasteiger charge is 2.29. The third kappa shape index (κ3) is 4.55. The molecule has 0 saturated carbocycles. The first-order valence-corrected chi connectivity index (χ1v) is 12.0. The van der Waals surface area contributed by atoms with Gasteiger partial charge in [-0.1, -0.05) is 12.1 Å². The lowest BCUT2D eigenvalue weighted by molar-refractivity contribution is 0.0702. The number of likely N-dealkylation sites (N-methyl/N-ethyl adjacent to an activating group) is 1. The number of nitrogens with zero attached hydrogens (tertiary/aromatic N) is 5. The molecule has 0 spiro atoms. The molecule has 2 saturated heterocycles. The average Bonchev–Trinajstić information content (AvgIpc) is 3.25. The van der Waals surface area contributed by atoms with Crippen LogP contribution in [0.2, 0.25) is 0 Å². The molecule has 1 atom stereocenters. The van der Waals surface area contributed by atoms with Gasteiger partial charge < -0.3 is 14.4 Å². The van der Waals surface area contributed by atoms with Crippen LogP contribution in [0, 0.1) is 0 Å². The Morgan fingerprint density at radius 1 is 1.06 bits per heavy atom. The van der Waals surface area contributed by atoms with Crippen molar-refractivity contribution in [3.63, 3.8) is 0 Å². The van der Waals surface area contributed by atoms with Gasteiger partial charge >= 0.3 is 0 Å². The SMILES string of the molecule is CN1CCN(Cc2cccc(C(=O)N3CCCC(c4ncc5n4CCCC5)C3)c2)CC1. The van der Waals surface area contributed by atoms with Crippen molar-refractivity contribution < 1.29 is 4.79 Å². The zero-order chi connectivity index (χ0) is 21.2. The van der Waals surface area contributed by atoms with Gasteiger partial charge in [-0.3, -0.25) is 9.69 Å². The molecular weight excluding hydrogens is 386 g/mol. The van der Waals surface area contributed by atoms with E-state index < -0.39 is 0 Å². The molecule has 4 heterocycles. The monoisotopic (exact) mass is 421 g/mol. The maximum Gasteiger partial charge on any atom is 0.253 e. The molecule has 31 heavy (non-hydrogen) atoms. The van der Waals surface area contributed by atoms with Crippen molar-refractivity contribution in [2.45, 2.75) is 51.1 Å². The van der Waals surface area contributed by atoms with Crippen molar-refractivity contribution in [1.29, 1.82) is 0 Å².